The molecule has 25 heavy (non-hydrogen) atoms. The van der Waals surface area contributed by atoms with Crippen LogP contribution in [-0.2, 0) is 13.1 Å². The van der Waals surface area contributed by atoms with Gasteiger partial charge in [0.1, 0.15) is 21.7 Å². The van der Waals surface area contributed by atoms with Crippen molar-refractivity contribution < 1.29 is 0 Å². The minimum absolute atomic E-state index is 0.297. The van der Waals surface area contributed by atoms with Gasteiger partial charge in [0.15, 0.2) is 0 Å². The summed E-state index contributed by atoms with van der Waals surface area (Å²) in [4.78, 5) is 14.5. The highest BCUT2D eigenvalue weighted by molar-refractivity contribution is 7.05. The summed E-state index contributed by atoms with van der Waals surface area (Å²) < 4.78 is 8.72. The molecule has 1 atom stereocenters. The molecule has 8 heteroatoms. The van der Waals surface area contributed by atoms with Crippen LogP contribution in [0.4, 0.5) is 0 Å². The Labute approximate surface area is 157 Å². The monoisotopic (exact) mass is 378 g/mol. The predicted molar refractivity (Wildman–Crippen MR) is 101 cm³/mol. The molecule has 2 aromatic rings. The van der Waals surface area contributed by atoms with Gasteiger partial charge >= 0.3 is 0 Å². The van der Waals surface area contributed by atoms with Crippen molar-refractivity contribution in [1.29, 1.82) is 0 Å². The second-order valence-corrected chi connectivity index (χ2v) is 9.21. The number of piperazine rings is 1. The van der Waals surface area contributed by atoms with E-state index in [1.807, 2.05) is 13.8 Å². The zero-order valence-corrected chi connectivity index (χ0v) is 16.9. The fourth-order valence-corrected chi connectivity index (χ4v) is 5.70. The van der Waals surface area contributed by atoms with Crippen molar-refractivity contribution in [2.45, 2.75) is 71.1 Å². The summed E-state index contributed by atoms with van der Waals surface area (Å²) in [6.45, 7) is 10.4. The lowest BCUT2D eigenvalue weighted by Crippen LogP contribution is -2.63. The zero-order chi connectivity index (χ0) is 17.4. The third kappa shape index (κ3) is 3.63. The van der Waals surface area contributed by atoms with Crippen molar-refractivity contribution in [3.05, 3.63) is 21.7 Å². The smallest absolute Gasteiger partial charge is 0.139 e. The second kappa shape index (κ2) is 6.98. The van der Waals surface area contributed by atoms with E-state index in [0.717, 1.165) is 47.8 Å². The number of hydrogen-bond acceptors (Lipinski definition) is 8. The Hall–Kier alpha value is -0.960. The average molecular weight is 379 g/mol. The van der Waals surface area contributed by atoms with Crippen LogP contribution < -0.4 is 0 Å². The fraction of sp³-hybridized carbons (Fsp3) is 0.765. The first kappa shape index (κ1) is 17.5. The topological polar surface area (TPSA) is 58.0 Å². The molecule has 2 aromatic heterocycles. The van der Waals surface area contributed by atoms with Gasteiger partial charge in [-0.05, 0) is 56.7 Å². The highest BCUT2D eigenvalue weighted by Crippen LogP contribution is 2.40. The lowest BCUT2D eigenvalue weighted by molar-refractivity contribution is -0.0377. The van der Waals surface area contributed by atoms with Gasteiger partial charge in [0.2, 0.25) is 0 Å². The number of nitrogens with zero attached hydrogens (tertiary/aromatic N) is 6. The van der Waals surface area contributed by atoms with E-state index in [9.17, 15) is 0 Å². The summed E-state index contributed by atoms with van der Waals surface area (Å²) >= 11 is 3.11. The summed E-state index contributed by atoms with van der Waals surface area (Å²) in [5.74, 6) is 1.80. The molecule has 1 saturated carbocycles. The first-order chi connectivity index (χ1) is 12.0. The summed E-state index contributed by atoms with van der Waals surface area (Å²) in [5.41, 5.74) is 0.297. The van der Waals surface area contributed by atoms with E-state index in [-0.39, 0.29) is 0 Å². The van der Waals surface area contributed by atoms with Crippen LogP contribution in [0.2, 0.25) is 0 Å². The Kier molecular flexibility index (Phi) is 4.87. The van der Waals surface area contributed by atoms with Crippen LogP contribution in [0.25, 0.3) is 0 Å². The Morgan fingerprint density at radius 2 is 1.60 bits per heavy atom. The Bertz CT molecular complexity index is 720. The summed E-state index contributed by atoms with van der Waals surface area (Å²) in [6, 6.07) is 0.518. The molecule has 0 radical (unpaired) electrons. The molecule has 0 amide bonds. The van der Waals surface area contributed by atoms with Gasteiger partial charge in [-0.15, -0.1) is 0 Å². The van der Waals surface area contributed by atoms with Crippen molar-refractivity contribution in [1.82, 2.24) is 28.5 Å². The van der Waals surface area contributed by atoms with Crippen LogP contribution in [0.5, 0.6) is 0 Å². The molecule has 4 rings (SSSR count). The highest BCUT2D eigenvalue weighted by Gasteiger charge is 2.46. The lowest BCUT2D eigenvalue weighted by Gasteiger charge is -2.51. The van der Waals surface area contributed by atoms with Crippen LogP contribution in [-0.4, -0.2) is 53.2 Å². The molecule has 136 valence electrons. The SMILES string of the molecule is Cc1nsc(CN2CC3(CCCC3)N(Cc3nc(C)ns3)CC2C)n1. The zero-order valence-electron chi connectivity index (χ0n) is 15.2. The molecular weight excluding hydrogens is 352 g/mol. The van der Waals surface area contributed by atoms with Gasteiger partial charge in [0.25, 0.3) is 0 Å². The maximum absolute atomic E-state index is 4.61. The van der Waals surface area contributed by atoms with Crippen LogP contribution >= 0.6 is 23.1 Å². The van der Waals surface area contributed by atoms with Crippen LogP contribution in [0, 0.1) is 13.8 Å². The molecule has 1 spiro atoms. The number of aryl methyl sites for hydroxylation is 2. The van der Waals surface area contributed by atoms with E-state index in [1.165, 1.54) is 25.7 Å². The van der Waals surface area contributed by atoms with Crippen molar-refractivity contribution in [2.24, 2.45) is 0 Å². The highest BCUT2D eigenvalue weighted by atomic mass is 32.1. The average Bonchev–Trinajstić information content (AvgIpc) is 3.28. The van der Waals surface area contributed by atoms with Crippen molar-refractivity contribution in [3.8, 4) is 0 Å². The van der Waals surface area contributed by atoms with Crippen LogP contribution in [0.1, 0.15) is 54.3 Å². The molecule has 0 bridgehead atoms. The third-order valence-electron chi connectivity index (χ3n) is 5.61. The standard InChI is InChI=1S/C17H26N6S2/c1-12-8-23(10-16-19-14(3)21-25-16)17(6-4-5-7-17)11-22(12)9-15-18-13(2)20-24-15/h12H,4-11H2,1-3H3. The summed E-state index contributed by atoms with van der Waals surface area (Å²) in [5, 5.41) is 2.30. The Morgan fingerprint density at radius 1 is 1.00 bits per heavy atom. The number of rotatable bonds is 4. The molecule has 0 N–H and O–H groups in total. The van der Waals surface area contributed by atoms with Gasteiger partial charge in [-0.2, -0.15) is 8.75 Å². The van der Waals surface area contributed by atoms with Crippen LogP contribution in [0.15, 0.2) is 0 Å². The number of hydrogen-bond donors (Lipinski definition) is 0. The van der Waals surface area contributed by atoms with Crippen LogP contribution in [0.3, 0.4) is 0 Å². The molecule has 1 unspecified atom stereocenters. The fourth-order valence-electron chi connectivity index (χ4n) is 4.36. The lowest BCUT2D eigenvalue weighted by atomic mass is 9.89. The van der Waals surface area contributed by atoms with E-state index >= 15 is 0 Å². The quantitative estimate of drug-likeness (QED) is 0.815. The third-order valence-corrected chi connectivity index (χ3v) is 7.19. The largest absolute Gasteiger partial charge is 0.291 e. The number of aromatic nitrogens is 4. The van der Waals surface area contributed by atoms with Gasteiger partial charge in [-0.25, -0.2) is 9.97 Å². The van der Waals surface area contributed by atoms with Gasteiger partial charge in [0.05, 0.1) is 13.1 Å². The first-order valence-electron chi connectivity index (χ1n) is 9.12. The molecule has 1 aliphatic carbocycles. The maximum atomic E-state index is 4.61. The molecule has 3 heterocycles. The van der Waals surface area contributed by atoms with Gasteiger partial charge < -0.3 is 0 Å². The van der Waals surface area contributed by atoms with E-state index in [2.05, 4.69) is 35.4 Å². The Balaban J connectivity index is 1.52. The molecule has 2 aliphatic rings. The van der Waals surface area contributed by atoms with Gasteiger partial charge in [-0.1, -0.05) is 12.8 Å². The van der Waals surface area contributed by atoms with E-state index in [4.69, 9.17) is 0 Å². The summed E-state index contributed by atoms with van der Waals surface area (Å²) in [7, 11) is 0. The van der Waals surface area contributed by atoms with E-state index < -0.39 is 0 Å². The molecule has 1 aliphatic heterocycles. The summed E-state index contributed by atoms with van der Waals surface area (Å²) in [6.07, 6.45) is 5.27. The molecule has 0 aromatic carbocycles. The Morgan fingerprint density at radius 3 is 2.16 bits per heavy atom. The van der Waals surface area contributed by atoms with E-state index in [1.54, 1.807) is 23.1 Å². The maximum Gasteiger partial charge on any atom is 0.139 e. The minimum Gasteiger partial charge on any atom is -0.291 e. The predicted octanol–water partition coefficient (Wildman–Crippen LogP) is 3.03. The van der Waals surface area contributed by atoms with Crippen molar-refractivity contribution >= 4 is 23.1 Å². The second-order valence-electron chi connectivity index (χ2n) is 7.54. The van der Waals surface area contributed by atoms with E-state index in [0.29, 0.717) is 11.6 Å². The van der Waals surface area contributed by atoms with Gasteiger partial charge in [-0.3, -0.25) is 9.80 Å². The molecular formula is C17H26N6S2. The van der Waals surface area contributed by atoms with Gasteiger partial charge in [0, 0.05) is 24.7 Å². The minimum atomic E-state index is 0.297. The van der Waals surface area contributed by atoms with Crippen molar-refractivity contribution in [2.75, 3.05) is 13.1 Å². The molecule has 2 fully saturated rings. The normalized spacial score (nSPS) is 24.4. The first-order valence-corrected chi connectivity index (χ1v) is 10.7. The molecule has 6 nitrogen and oxygen atoms in total. The van der Waals surface area contributed by atoms with Crippen molar-refractivity contribution in [3.63, 3.8) is 0 Å². The molecule has 1 saturated heterocycles.